The number of halogens is 3. The molecule has 9 heteroatoms. The fraction of sp³-hybridized carbons (Fsp3) is 0.273. The molecule has 1 aromatic carbocycles. The van der Waals surface area contributed by atoms with E-state index in [2.05, 4.69) is 5.10 Å². The highest BCUT2D eigenvalue weighted by molar-refractivity contribution is 6.32. The highest BCUT2D eigenvalue weighted by Crippen LogP contribution is 2.33. The summed E-state index contributed by atoms with van der Waals surface area (Å²) in [6.45, 7) is -1.76. The molecule has 20 heavy (non-hydrogen) atoms. The minimum atomic E-state index is -3.02. The molecular formula is C11H10ClF2N3O3. The summed E-state index contributed by atoms with van der Waals surface area (Å²) in [4.78, 5) is 11.9. The van der Waals surface area contributed by atoms with E-state index in [1.54, 1.807) is 0 Å². The van der Waals surface area contributed by atoms with Gasteiger partial charge in [0, 0.05) is 12.1 Å². The van der Waals surface area contributed by atoms with Crippen LogP contribution in [0.1, 0.15) is 12.4 Å². The van der Waals surface area contributed by atoms with Crippen molar-refractivity contribution >= 4 is 11.6 Å². The van der Waals surface area contributed by atoms with Gasteiger partial charge in [-0.25, -0.2) is 9.36 Å². The van der Waals surface area contributed by atoms with E-state index in [0.717, 1.165) is 6.07 Å². The van der Waals surface area contributed by atoms with Crippen LogP contribution in [0.3, 0.4) is 0 Å². The summed E-state index contributed by atoms with van der Waals surface area (Å²) < 4.78 is 31.3. The van der Waals surface area contributed by atoms with Gasteiger partial charge in [0.1, 0.15) is 23.0 Å². The third kappa shape index (κ3) is 2.22. The van der Waals surface area contributed by atoms with Gasteiger partial charge in [0.2, 0.25) is 0 Å². The number of aromatic hydroxyl groups is 1. The maximum atomic E-state index is 12.7. The van der Waals surface area contributed by atoms with Gasteiger partial charge in [0.25, 0.3) is 0 Å². The summed E-state index contributed by atoms with van der Waals surface area (Å²) in [6.07, 6.45) is 0. The first-order valence-electron chi connectivity index (χ1n) is 5.40. The van der Waals surface area contributed by atoms with Gasteiger partial charge in [-0.3, -0.25) is 0 Å². The van der Waals surface area contributed by atoms with Crippen molar-refractivity contribution in [2.75, 3.05) is 7.11 Å². The van der Waals surface area contributed by atoms with Crippen molar-refractivity contribution in [3.05, 3.63) is 33.5 Å². The van der Waals surface area contributed by atoms with Crippen LogP contribution in [-0.4, -0.2) is 26.6 Å². The van der Waals surface area contributed by atoms with Gasteiger partial charge in [0.15, 0.2) is 0 Å². The zero-order valence-electron chi connectivity index (χ0n) is 10.5. The van der Waals surface area contributed by atoms with Crippen LogP contribution in [0.2, 0.25) is 5.02 Å². The Balaban J connectivity index is 2.69. The Kier molecular flexibility index (Phi) is 3.67. The maximum absolute atomic E-state index is 12.7. The molecule has 0 aliphatic rings. The Morgan fingerprint density at radius 1 is 1.45 bits per heavy atom. The van der Waals surface area contributed by atoms with E-state index < -0.39 is 12.2 Å². The minimum absolute atomic E-state index is 0.0984. The number of rotatable bonds is 3. The van der Waals surface area contributed by atoms with Gasteiger partial charge in [0.05, 0.1) is 12.1 Å². The molecule has 2 aromatic rings. The maximum Gasteiger partial charge on any atom is 0.355 e. The van der Waals surface area contributed by atoms with Crippen LogP contribution in [0.4, 0.5) is 8.78 Å². The summed E-state index contributed by atoms with van der Waals surface area (Å²) in [5.41, 5.74) is -1.17. The molecule has 0 unspecified atom stereocenters. The number of ether oxygens (including phenoxy) is 1. The van der Waals surface area contributed by atoms with Crippen LogP contribution in [0, 0.1) is 6.92 Å². The van der Waals surface area contributed by atoms with Crippen LogP contribution in [0.25, 0.3) is 5.69 Å². The Bertz CT molecular complexity index is 712. The first-order chi connectivity index (χ1) is 9.36. The molecule has 0 bridgehead atoms. The zero-order chi connectivity index (χ0) is 15.0. The van der Waals surface area contributed by atoms with Gasteiger partial charge in [-0.1, -0.05) is 11.6 Å². The number of phenols is 1. The van der Waals surface area contributed by atoms with E-state index in [4.69, 9.17) is 16.3 Å². The van der Waals surface area contributed by atoms with Crippen molar-refractivity contribution in [3.63, 3.8) is 0 Å². The Labute approximate surface area is 116 Å². The number of aromatic nitrogens is 3. The molecule has 108 valence electrons. The molecule has 2 rings (SSSR count). The second-order valence-electron chi connectivity index (χ2n) is 3.86. The lowest BCUT2D eigenvalue weighted by molar-refractivity contribution is 0.0640. The number of phenolic OH excluding ortho intramolecular Hbond substituents is 1. The highest BCUT2D eigenvalue weighted by atomic mass is 35.5. The Morgan fingerprint density at radius 3 is 2.60 bits per heavy atom. The zero-order valence-corrected chi connectivity index (χ0v) is 11.2. The summed E-state index contributed by atoms with van der Waals surface area (Å²) in [6, 6.07) is 2.38. The SMILES string of the molecule is COc1cc(-n2nc(C)n(C(F)F)c2=O)c(O)cc1Cl. The Morgan fingerprint density at radius 2 is 2.10 bits per heavy atom. The smallest absolute Gasteiger partial charge is 0.355 e. The average molecular weight is 306 g/mol. The monoisotopic (exact) mass is 305 g/mol. The highest BCUT2D eigenvalue weighted by Gasteiger charge is 2.21. The Hall–Kier alpha value is -2.09. The fourth-order valence-corrected chi connectivity index (χ4v) is 1.95. The molecule has 1 heterocycles. The van der Waals surface area contributed by atoms with Gasteiger partial charge < -0.3 is 9.84 Å². The molecule has 0 aliphatic heterocycles. The fourth-order valence-electron chi connectivity index (χ4n) is 1.72. The second kappa shape index (κ2) is 5.12. The second-order valence-corrected chi connectivity index (χ2v) is 4.27. The van der Waals surface area contributed by atoms with Crippen LogP contribution in [0.5, 0.6) is 11.5 Å². The van der Waals surface area contributed by atoms with E-state index in [-0.39, 0.29) is 32.6 Å². The van der Waals surface area contributed by atoms with Crippen LogP contribution < -0.4 is 10.4 Å². The molecule has 1 N–H and O–H groups in total. The topological polar surface area (TPSA) is 69.3 Å². The molecule has 0 saturated carbocycles. The van der Waals surface area contributed by atoms with Crippen molar-refractivity contribution in [1.29, 1.82) is 0 Å². The van der Waals surface area contributed by atoms with Crippen molar-refractivity contribution < 1.29 is 18.6 Å². The van der Waals surface area contributed by atoms with Gasteiger partial charge in [-0.05, 0) is 6.92 Å². The van der Waals surface area contributed by atoms with Gasteiger partial charge in [-0.15, -0.1) is 5.10 Å². The molecule has 0 atom stereocenters. The number of methoxy groups -OCH3 is 1. The number of aryl methyl sites for hydroxylation is 1. The predicted octanol–water partition coefficient (Wildman–Crippen LogP) is 2.11. The molecule has 0 amide bonds. The number of benzene rings is 1. The number of hydrogen-bond donors (Lipinski definition) is 1. The van der Waals surface area contributed by atoms with Crippen molar-refractivity contribution in [1.82, 2.24) is 14.3 Å². The molecule has 0 aliphatic carbocycles. The lowest BCUT2D eigenvalue weighted by Crippen LogP contribution is -2.24. The van der Waals surface area contributed by atoms with Crippen molar-refractivity contribution in [2.45, 2.75) is 13.5 Å². The van der Waals surface area contributed by atoms with Crippen molar-refractivity contribution in [3.8, 4) is 17.2 Å². The lowest BCUT2D eigenvalue weighted by atomic mass is 10.2. The third-order valence-electron chi connectivity index (χ3n) is 2.65. The van der Waals surface area contributed by atoms with Gasteiger partial charge >= 0.3 is 12.2 Å². The molecule has 0 spiro atoms. The molecule has 6 nitrogen and oxygen atoms in total. The summed E-state index contributed by atoms with van der Waals surface area (Å²) >= 11 is 5.80. The summed E-state index contributed by atoms with van der Waals surface area (Å²) in [5.74, 6) is -0.384. The van der Waals surface area contributed by atoms with Crippen LogP contribution in [-0.2, 0) is 0 Å². The number of hydrogen-bond acceptors (Lipinski definition) is 4. The largest absolute Gasteiger partial charge is 0.506 e. The first kappa shape index (κ1) is 14.3. The normalized spacial score (nSPS) is 11.1. The quantitative estimate of drug-likeness (QED) is 0.943. The van der Waals surface area contributed by atoms with E-state index in [1.807, 2.05) is 0 Å². The molecule has 0 radical (unpaired) electrons. The van der Waals surface area contributed by atoms with Crippen LogP contribution in [0.15, 0.2) is 16.9 Å². The molecule has 0 saturated heterocycles. The third-order valence-corrected chi connectivity index (χ3v) is 2.95. The number of nitrogens with zero attached hydrogens (tertiary/aromatic N) is 3. The summed E-state index contributed by atoms with van der Waals surface area (Å²) in [5, 5.41) is 13.6. The minimum Gasteiger partial charge on any atom is -0.506 e. The van der Waals surface area contributed by atoms with Gasteiger partial charge in [-0.2, -0.15) is 13.5 Å². The van der Waals surface area contributed by atoms with E-state index in [0.29, 0.717) is 4.68 Å². The molecule has 0 fully saturated rings. The summed E-state index contributed by atoms with van der Waals surface area (Å²) in [7, 11) is 1.34. The van der Waals surface area contributed by atoms with E-state index in [1.165, 1.54) is 20.1 Å². The standard InChI is InChI=1S/C11H10ClF2N3O3/c1-5-15-17(11(19)16(5)10(13)14)7-4-9(20-2)6(12)3-8(7)18/h3-4,10,18H,1-2H3. The molecule has 1 aromatic heterocycles. The lowest BCUT2D eigenvalue weighted by Gasteiger charge is -2.08. The molecular weight excluding hydrogens is 296 g/mol. The first-order valence-corrected chi connectivity index (χ1v) is 5.77. The average Bonchev–Trinajstić information content (AvgIpc) is 2.65. The van der Waals surface area contributed by atoms with Crippen LogP contribution >= 0.6 is 11.6 Å². The van der Waals surface area contributed by atoms with E-state index in [9.17, 15) is 18.7 Å². The predicted molar refractivity (Wildman–Crippen MR) is 67.0 cm³/mol. The van der Waals surface area contributed by atoms with Crippen molar-refractivity contribution in [2.24, 2.45) is 0 Å². The number of alkyl halides is 2. The van der Waals surface area contributed by atoms with E-state index >= 15 is 0 Å².